The van der Waals surface area contributed by atoms with E-state index in [1.54, 1.807) is 36.6 Å². The summed E-state index contributed by atoms with van der Waals surface area (Å²) >= 11 is 0. The Morgan fingerprint density at radius 2 is 1.77 bits per heavy atom. The van der Waals surface area contributed by atoms with E-state index in [0.717, 1.165) is 25.9 Å². The summed E-state index contributed by atoms with van der Waals surface area (Å²) in [5.74, 6) is 0.353. The minimum absolute atomic E-state index is 0.0850. The molecule has 0 unspecified atom stereocenters. The molecule has 138 valence electrons. The van der Waals surface area contributed by atoms with Crippen molar-refractivity contribution < 1.29 is 14.0 Å². The third-order valence-corrected chi connectivity index (χ3v) is 4.51. The molecule has 2 heterocycles. The van der Waals surface area contributed by atoms with Crippen LogP contribution in [0.1, 0.15) is 41.8 Å². The van der Waals surface area contributed by atoms with E-state index in [2.05, 4.69) is 15.5 Å². The number of nitrogens with zero attached hydrogens (tertiary/aromatic N) is 1. The second kappa shape index (κ2) is 9.20. The van der Waals surface area contributed by atoms with Crippen molar-refractivity contribution in [3.63, 3.8) is 0 Å². The second-order valence-corrected chi connectivity index (χ2v) is 6.55. The Kier molecular flexibility index (Phi) is 6.44. The molecule has 6 nitrogen and oxygen atoms in total. The number of hydrogen-bond acceptors (Lipinski definition) is 4. The average Bonchev–Trinajstić information content (AvgIpc) is 3.04. The van der Waals surface area contributed by atoms with Gasteiger partial charge >= 0.3 is 0 Å². The van der Waals surface area contributed by atoms with Gasteiger partial charge in [-0.3, -0.25) is 14.5 Å². The van der Waals surface area contributed by atoms with Crippen LogP contribution < -0.4 is 10.6 Å². The Morgan fingerprint density at radius 3 is 2.50 bits per heavy atom. The van der Waals surface area contributed by atoms with E-state index in [4.69, 9.17) is 4.42 Å². The third-order valence-electron chi connectivity index (χ3n) is 4.51. The minimum atomic E-state index is -0.243. The number of likely N-dealkylation sites (tertiary alicyclic amines) is 1. The zero-order valence-corrected chi connectivity index (χ0v) is 14.9. The fourth-order valence-corrected chi connectivity index (χ4v) is 3.15. The first-order chi connectivity index (χ1) is 12.7. The summed E-state index contributed by atoms with van der Waals surface area (Å²) in [6.45, 7) is 2.58. The van der Waals surface area contributed by atoms with Crippen LogP contribution in [0.5, 0.6) is 0 Å². The lowest BCUT2D eigenvalue weighted by atomic mass is 10.1. The van der Waals surface area contributed by atoms with Gasteiger partial charge in [0.05, 0.1) is 30.6 Å². The zero-order chi connectivity index (χ0) is 18.2. The maximum absolute atomic E-state index is 12.5. The summed E-state index contributed by atoms with van der Waals surface area (Å²) in [5, 5.41) is 5.70. The number of furan rings is 1. The fraction of sp³-hybridized carbons (Fsp3) is 0.400. The van der Waals surface area contributed by atoms with Gasteiger partial charge in [0.1, 0.15) is 5.76 Å². The van der Waals surface area contributed by atoms with Crippen LogP contribution in [-0.4, -0.2) is 36.3 Å². The van der Waals surface area contributed by atoms with Crippen LogP contribution >= 0.6 is 0 Å². The van der Waals surface area contributed by atoms with Gasteiger partial charge in [0.15, 0.2) is 0 Å². The molecule has 0 atom stereocenters. The van der Waals surface area contributed by atoms with Gasteiger partial charge in [-0.15, -0.1) is 0 Å². The number of anilines is 1. The van der Waals surface area contributed by atoms with E-state index in [1.165, 1.54) is 12.8 Å². The van der Waals surface area contributed by atoms with E-state index < -0.39 is 0 Å². The highest BCUT2D eigenvalue weighted by molar-refractivity contribution is 6.04. The molecule has 1 aliphatic heterocycles. The molecule has 0 bridgehead atoms. The Morgan fingerprint density at radius 1 is 1.00 bits per heavy atom. The second-order valence-electron chi connectivity index (χ2n) is 6.55. The molecule has 26 heavy (non-hydrogen) atoms. The summed E-state index contributed by atoms with van der Waals surface area (Å²) in [7, 11) is 0. The number of nitrogens with one attached hydrogen (secondary N) is 2. The predicted octanol–water partition coefficient (Wildman–Crippen LogP) is 3.02. The van der Waals surface area contributed by atoms with Crippen LogP contribution in [0.3, 0.4) is 0 Å². The Balaban J connectivity index is 1.58. The largest absolute Gasteiger partial charge is 0.467 e. The summed E-state index contributed by atoms with van der Waals surface area (Å²) in [6, 6.07) is 10.6. The van der Waals surface area contributed by atoms with Crippen molar-refractivity contribution in [3.05, 3.63) is 54.0 Å². The highest BCUT2D eigenvalue weighted by Crippen LogP contribution is 2.16. The first-order valence-electron chi connectivity index (χ1n) is 9.14. The lowest BCUT2D eigenvalue weighted by Crippen LogP contribution is -2.34. The van der Waals surface area contributed by atoms with E-state index in [0.29, 0.717) is 30.1 Å². The van der Waals surface area contributed by atoms with Gasteiger partial charge in [0, 0.05) is 0 Å². The number of benzene rings is 1. The van der Waals surface area contributed by atoms with Crippen molar-refractivity contribution in [2.75, 3.05) is 25.0 Å². The van der Waals surface area contributed by atoms with Crippen LogP contribution in [0.2, 0.25) is 0 Å². The number of rotatable bonds is 6. The molecule has 0 aliphatic carbocycles. The number of para-hydroxylation sites is 1. The molecule has 2 aromatic rings. The Hall–Kier alpha value is -2.60. The predicted molar refractivity (Wildman–Crippen MR) is 99.9 cm³/mol. The topological polar surface area (TPSA) is 74.6 Å². The van der Waals surface area contributed by atoms with Gasteiger partial charge in [0.2, 0.25) is 5.91 Å². The molecule has 1 aromatic heterocycles. The molecule has 1 saturated heterocycles. The van der Waals surface area contributed by atoms with Crippen LogP contribution in [0.25, 0.3) is 0 Å². The van der Waals surface area contributed by atoms with Crippen LogP contribution in [0, 0.1) is 0 Å². The van der Waals surface area contributed by atoms with Gasteiger partial charge in [0.25, 0.3) is 5.91 Å². The van der Waals surface area contributed by atoms with Gasteiger partial charge < -0.3 is 15.1 Å². The third kappa shape index (κ3) is 5.20. The molecule has 0 saturated carbocycles. The molecule has 6 heteroatoms. The molecule has 2 amide bonds. The molecule has 1 fully saturated rings. The monoisotopic (exact) mass is 355 g/mol. The van der Waals surface area contributed by atoms with Gasteiger partial charge in [-0.1, -0.05) is 25.0 Å². The van der Waals surface area contributed by atoms with E-state index >= 15 is 0 Å². The van der Waals surface area contributed by atoms with Gasteiger partial charge in [-0.2, -0.15) is 0 Å². The van der Waals surface area contributed by atoms with Gasteiger partial charge in [-0.05, 0) is 50.2 Å². The van der Waals surface area contributed by atoms with Crippen molar-refractivity contribution in [2.45, 2.75) is 32.2 Å². The smallest absolute Gasteiger partial charge is 0.253 e. The summed E-state index contributed by atoms with van der Waals surface area (Å²) in [4.78, 5) is 27.1. The van der Waals surface area contributed by atoms with E-state index in [1.807, 2.05) is 6.07 Å². The normalized spacial score (nSPS) is 15.2. The van der Waals surface area contributed by atoms with Crippen LogP contribution in [0.15, 0.2) is 47.1 Å². The van der Waals surface area contributed by atoms with Crippen molar-refractivity contribution in [2.24, 2.45) is 0 Å². The van der Waals surface area contributed by atoms with Crippen molar-refractivity contribution in [3.8, 4) is 0 Å². The van der Waals surface area contributed by atoms with Gasteiger partial charge in [-0.25, -0.2) is 0 Å². The minimum Gasteiger partial charge on any atom is -0.467 e. The van der Waals surface area contributed by atoms with Crippen molar-refractivity contribution >= 4 is 17.5 Å². The van der Waals surface area contributed by atoms with E-state index in [9.17, 15) is 9.59 Å². The summed E-state index contributed by atoms with van der Waals surface area (Å²) < 4.78 is 5.22. The lowest BCUT2D eigenvalue weighted by molar-refractivity contribution is -0.117. The van der Waals surface area contributed by atoms with E-state index in [-0.39, 0.29) is 11.8 Å². The van der Waals surface area contributed by atoms with Crippen molar-refractivity contribution in [1.29, 1.82) is 0 Å². The van der Waals surface area contributed by atoms with Crippen LogP contribution in [-0.2, 0) is 11.3 Å². The summed E-state index contributed by atoms with van der Waals surface area (Å²) in [5.41, 5.74) is 0.979. The van der Waals surface area contributed by atoms with Crippen molar-refractivity contribution in [1.82, 2.24) is 10.2 Å². The maximum atomic E-state index is 12.5. The molecular formula is C20H25N3O3. The fourth-order valence-electron chi connectivity index (χ4n) is 3.15. The molecule has 1 aliphatic rings. The molecule has 0 spiro atoms. The quantitative estimate of drug-likeness (QED) is 0.835. The molecule has 0 radical (unpaired) electrons. The standard InChI is InChI=1S/C20H25N3O3/c24-19(15-23-11-5-1-2-6-12-23)22-18-10-4-3-9-17(18)20(25)21-14-16-8-7-13-26-16/h3-4,7-10,13H,1-2,5-6,11-12,14-15H2,(H,21,25)(H,22,24). The molecule has 1 aromatic carbocycles. The molecular weight excluding hydrogens is 330 g/mol. The Bertz CT molecular complexity index is 720. The lowest BCUT2D eigenvalue weighted by Gasteiger charge is -2.19. The number of hydrogen-bond donors (Lipinski definition) is 2. The van der Waals surface area contributed by atoms with Crippen LogP contribution in [0.4, 0.5) is 5.69 Å². The average molecular weight is 355 g/mol. The zero-order valence-electron chi connectivity index (χ0n) is 14.9. The number of carbonyl (C=O) groups excluding carboxylic acids is 2. The summed E-state index contributed by atoms with van der Waals surface area (Å²) in [6.07, 6.45) is 6.31. The highest BCUT2D eigenvalue weighted by atomic mass is 16.3. The molecule has 3 rings (SSSR count). The first-order valence-corrected chi connectivity index (χ1v) is 9.14. The maximum Gasteiger partial charge on any atom is 0.253 e. The number of carbonyl (C=O) groups is 2. The SMILES string of the molecule is O=C(CN1CCCCCC1)Nc1ccccc1C(=O)NCc1ccco1. The highest BCUT2D eigenvalue weighted by Gasteiger charge is 2.16. The molecule has 2 N–H and O–H groups in total. The Labute approximate surface area is 153 Å². The first kappa shape index (κ1) is 18.2. The number of amides is 2.